The van der Waals surface area contributed by atoms with Gasteiger partial charge in [0, 0.05) is 11.3 Å². The standard InChI is InChI=1S/C14H21N3O2S2/c1-8-11(21-9(2)15-8)13(19)17-7-20-6-10(17)12(18)16-14(3,4)5/h10H,6-7H2,1-5H3,(H,16,18)/t10-/m1/s1. The van der Waals surface area contributed by atoms with E-state index < -0.39 is 6.04 Å². The highest BCUT2D eigenvalue weighted by Crippen LogP contribution is 2.27. The van der Waals surface area contributed by atoms with E-state index in [1.807, 2.05) is 34.6 Å². The number of amides is 2. The van der Waals surface area contributed by atoms with Gasteiger partial charge in [0.1, 0.15) is 10.9 Å². The predicted octanol–water partition coefficient (Wildman–Crippen LogP) is 2.19. The number of thiazole rings is 1. The number of aromatic nitrogens is 1. The van der Waals surface area contributed by atoms with E-state index in [9.17, 15) is 9.59 Å². The maximum atomic E-state index is 12.7. The van der Waals surface area contributed by atoms with Gasteiger partial charge in [-0.1, -0.05) is 0 Å². The zero-order valence-corrected chi connectivity index (χ0v) is 14.7. The molecule has 5 nitrogen and oxygen atoms in total. The first-order valence-electron chi connectivity index (χ1n) is 6.84. The van der Waals surface area contributed by atoms with Crippen LogP contribution in [0.15, 0.2) is 0 Å². The van der Waals surface area contributed by atoms with Gasteiger partial charge in [-0.25, -0.2) is 4.98 Å². The summed E-state index contributed by atoms with van der Waals surface area (Å²) in [7, 11) is 0. The summed E-state index contributed by atoms with van der Waals surface area (Å²) in [5, 5.41) is 3.83. The van der Waals surface area contributed by atoms with Gasteiger partial charge in [0.25, 0.3) is 5.91 Å². The lowest BCUT2D eigenvalue weighted by molar-refractivity contribution is -0.125. The van der Waals surface area contributed by atoms with E-state index in [0.29, 0.717) is 16.5 Å². The molecular formula is C14H21N3O2S2. The summed E-state index contributed by atoms with van der Waals surface area (Å²) in [5.74, 6) is 1.03. The van der Waals surface area contributed by atoms with Crippen molar-refractivity contribution in [2.75, 3.05) is 11.6 Å². The van der Waals surface area contributed by atoms with E-state index in [2.05, 4.69) is 10.3 Å². The number of rotatable bonds is 2. The van der Waals surface area contributed by atoms with Gasteiger partial charge in [0.05, 0.1) is 16.6 Å². The van der Waals surface area contributed by atoms with E-state index in [1.54, 1.807) is 16.7 Å². The summed E-state index contributed by atoms with van der Waals surface area (Å²) in [5.41, 5.74) is 0.449. The lowest BCUT2D eigenvalue weighted by atomic mass is 10.1. The molecule has 0 bridgehead atoms. The average molecular weight is 327 g/mol. The lowest BCUT2D eigenvalue weighted by Gasteiger charge is -2.27. The molecule has 1 saturated heterocycles. The van der Waals surface area contributed by atoms with Crippen LogP contribution >= 0.6 is 23.1 Å². The van der Waals surface area contributed by atoms with Crippen molar-refractivity contribution in [1.29, 1.82) is 0 Å². The Labute approximate surface area is 133 Å². The Morgan fingerprint density at radius 2 is 2.00 bits per heavy atom. The topological polar surface area (TPSA) is 62.3 Å². The molecule has 0 unspecified atom stereocenters. The van der Waals surface area contributed by atoms with Crippen LogP contribution < -0.4 is 5.32 Å². The van der Waals surface area contributed by atoms with Crippen LogP contribution in [0, 0.1) is 13.8 Å². The van der Waals surface area contributed by atoms with Gasteiger partial charge >= 0.3 is 0 Å². The summed E-state index contributed by atoms with van der Waals surface area (Å²) < 4.78 is 0. The molecule has 116 valence electrons. The molecule has 2 heterocycles. The van der Waals surface area contributed by atoms with Gasteiger partial charge in [0.15, 0.2) is 0 Å². The molecule has 1 fully saturated rings. The molecule has 2 rings (SSSR count). The van der Waals surface area contributed by atoms with Crippen LogP contribution in [0.4, 0.5) is 0 Å². The zero-order valence-electron chi connectivity index (χ0n) is 13.0. The Morgan fingerprint density at radius 3 is 2.52 bits per heavy atom. The molecule has 2 amide bonds. The molecule has 1 aromatic heterocycles. The maximum Gasteiger partial charge on any atom is 0.267 e. The van der Waals surface area contributed by atoms with E-state index in [4.69, 9.17) is 0 Å². The Kier molecular flexibility index (Phi) is 4.63. The van der Waals surface area contributed by atoms with Crippen LogP contribution in [0.25, 0.3) is 0 Å². The van der Waals surface area contributed by atoms with E-state index in [-0.39, 0.29) is 17.4 Å². The second-order valence-electron chi connectivity index (χ2n) is 6.18. The van der Waals surface area contributed by atoms with Crippen LogP contribution in [-0.2, 0) is 4.79 Å². The smallest absolute Gasteiger partial charge is 0.267 e. The minimum Gasteiger partial charge on any atom is -0.350 e. The van der Waals surface area contributed by atoms with Crippen molar-refractivity contribution < 1.29 is 9.59 Å². The van der Waals surface area contributed by atoms with Gasteiger partial charge in [0.2, 0.25) is 5.91 Å². The third-order valence-corrected chi connectivity index (χ3v) is 5.11. The summed E-state index contributed by atoms with van der Waals surface area (Å²) in [6, 6.07) is -0.400. The highest BCUT2D eigenvalue weighted by molar-refractivity contribution is 7.99. The molecule has 21 heavy (non-hydrogen) atoms. The van der Waals surface area contributed by atoms with Crippen LogP contribution in [-0.4, -0.2) is 44.9 Å². The van der Waals surface area contributed by atoms with E-state index in [1.165, 1.54) is 11.3 Å². The number of nitrogens with one attached hydrogen (secondary N) is 1. The fourth-order valence-electron chi connectivity index (χ4n) is 2.17. The quantitative estimate of drug-likeness (QED) is 0.904. The van der Waals surface area contributed by atoms with Gasteiger partial charge < -0.3 is 10.2 Å². The summed E-state index contributed by atoms with van der Waals surface area (Å²) in [6.07, 6.45) is 0. The molecule has 0 spiro atoms. The third kappa shape index (κ3) is 3.77. The Hall–Kier alpha value is -1.08. The van der Waals surface area contributed by atoms with Crippen molar-refractivity contribution in [2.45, 2.75) is 46.2 Å². The van der Waals surface area contributed by atoms with Gasteiger partial charge in [-0.05, 0) is 34.6 Å². The number of thioether (sulfide) groups is 1. The molecule has 1 aliphatic rings. The number of hydrogen-bond donors (Lipinski definition) is 1. The molecule has 7 heteroatoms. The second-order valence-corrected chi connectivity index (χ2v) is 8.38. The minimum atomic E-state index is -0.400. The fraction of sp³-hybridized carbons (Fsp3) is 0.643. The number of aryl methyl sites for hydroxylation is 2. The molecule has 0 aromatic carbocycles. The van der Waals surface area contributed by atoms with Crippen molar-refractivity contribution in [3.8, 4) is 0 Å². The van der Waals surface area contributed by atoms with Crippen molar-refractivity contribution in [1.82, 2.24) is 15.2 Å². The molecule has 1 aliphatic heterocycles. The zero-order chi connectivity index (χ0) is 15.8. The normalized spacial score (nSPS) is 18.9. The van der Waals surface area contributed by atoms with Gasteiger partial charge in [-0.15, -0.1) is 23.1 Å². The number of carbonyl (C=O) groups is 2. The SMILES string of the molecule is Cc1nc(C)c(C(=O)N2CSC[C@@H]2C(=O)NC(C)(C)C)s1. The molecule has 1 atom stereocenters. The van der Waals surface area contributed by atoms with E-state index in [0.717, 1.165) is 10.7 Å². The second kappa shape index (κ2) is 5.96. The monoisotopic (exact) mass is 327 g/mol. The van der Waals surface area contributed by atoms with Crippen molar-refractivity contribution >= 4 is 34.9 Å². The highest BCUT2D eigenvalue weighted by Gasteiger charge is 2.37. The fourth-order valence-corrected chi connectivity index (χ4v) is 4.20. The van der Waals surface area contributed by atoms with Crippen LogP contribution in [0.5, 0.6) is 0 Å². The molecule has 0 radical (unpaired) electrons. The van der Waals surface area contributed by atoms with Crippen LogP contribution in [0.2, 0.25) is 0 Å². The van der Waals surface area contributed by atoms with Crippen molar-refractivity contribution in [2.24, 2.45) is 0 Å². The molecule has 1 N–H and O–H groups in total. The third-order valence-electron chi connectivity index (χ3n) is 3.04. The molecular weight excluding hydrogens is 306 g/mol. The summed E-state index contributed by atoms with van der Waals surface area (Å²) in [4.78, 5) is 31.6. The van der Waals surface area contributed by atoms with Gasteiger partial charge in [-0.3, -0.25) is 9.59 Å². The van der Waals surface area contributed by atoms with Gasteiger partial charge in [-0.2, -0.15) is 0 Å². The number of carbonyl (C=O) groups excluding carboxylic acids is 2. The minimum absolute atomic E-state index is 0.0836. The molecule has 0 aliphatic carbocycles. The molecule has 0 saturated carbocycles. The molecule has 1 aromatic rings. The largest absolute Gasteiger partial charge is 0.350 e. The first kappa shape index (κ1) is 16.3. The Balaban J connectivity index is 2.17. The lowest BCUT2D eigenvalue weighted by Crippen LogP contribution is -2.52. The summed E-state index contributed by atoms with van der Waals surface area (Å²) in [6.45, 7) is 9.54. The first-order valence-corrected chi connectivity index (χ1v) is 8.81. The first-order chi connectivity index (χ1) is 9.69. The predicted molar refractivity (Wildman–Crippen MR) is 86.8 cm³/mol. The Morgan fingerprint density at radius 1 is 1.33 bits per heavy atom. The number of nitrogens with zero attached hydrogens (tertiary/aromatic N) is 2. The average Bonchev–Trinajstić information content (AvgIpc) is 2.92. The maximum absolute atomic E-state index is 12.7. The summed E-state index contributed by atoms with van der Waals surface area (Å²) >= 11 is 3.00. The van der Waals surface area contributed by atoms with Crippen LogP contribution in [0.3, 0.4) is 0 Å². The van der Waals surface area contributed by atoms with E-state index >= 15 is 0 Å². The number of hydrogen-bond acceptors (Lipinski definition) is 5. The Bertz CT molecular complexity index is 563. The van der Waals surface area contributed by atoms with Crippen LogP contribution in [0.1, 0.15) is 41.1 Å². The van der Waals surface area contributed by atoms with Crippen molar-refractivity contribution in [3.05, 3.63) is 15.6 Å². The van der Waals surface area contributed by atoms with Crippen molar-refractivity contribution in [3.63, 3.8) is 0 Å². The highest BCUT2D eigenvalue weighted by atomic mass is 32.2.